The van der Waals surface area contributed by atoms with E-state index in [-0.39, 0.29) is 0 Å². The molecule has 0 amide bonds. The summed E-state index contributed by atoms with van der Waals surface area (Å²) in [5, 5.41) is 3.64. The molecular formula is C16H33N3. The molecule has 19 heavy (non-hydrogen) atoms. The van der Waals surface area contributed by atoms with Crippen molar-refractivity contribution in [2.45, 2.75) is 71.0 Å². The van der Waals surface area contributed by atoms with Gasteiger partial charge in [0.2, 0.25) is 0 Å². The van der Waals surface area contributed by atoms with E-state index in [4.69, 9.17) is 0 Å². The molecule has 0 radical (unpaired) electrons. The van der Waals surface area contributed by atoms with Crippen molar-refractivity contribution in [2.75, 3.05) is 32.7 Å². The van der Waals surface area contributed by atoms with Gasteiger partial charge in [0.05, 0.1) is 0 Å². The van der Waals surface area contributed by atoms with Gasteiger partial charge in [0.1, 0.15) is 0 Å². The Hall–Kier alpha value is -0.120. The van der Waals surface area contributed by atoms with Crippen LogP contribution in [0.5, 0.6) is 0 Å². The summed E-state index contributed by atoms with van der Waals surface area (Å²) in [4.78, 5) is 5.50. The fourth-order valence-electron chi connectivity index (χ4n) is 3.63. The third kappa shape index (κ3) is 4.44. The second-order valence-electron chi connectivity index (χ2n) is 6.69. The van der Waals surface area contributed by atoms with Gasteiger partial charge in [-0.2, -0.15) is 0 Å². The average molecular weight is 267 g/mol. The predicted molar refractivity (Wildman–Crippen MR) is 82.6 cm³/mol. The van der Waals surface area contributed by atoms with E-state index in [9.17, 15) is 0 Å². The Morgan fingerprint density at radius 3 is 2.74 bits per heavy atom. The third-order valence-corrected chi connectivity index (χ3v) is 4.77. The van der Waals surface area contributed by atoms with E-state index >= 15 is 0 Å². The van der Waals surface area contributed by atoms with Crippen LogP contribution >= 0.6 is 0 Å². The number of nitrogens with zero attached hydrogens (tertiary/aromatic N) is 2. The Morgan fingerprint density at radius 1 is 1.16 bits per heavy atom. The molecule has 2 unspecified atom stereocenters. The van der Waals surface area contributed by atoms with Crippen LogP contribution in [-0.2, 0) is 0 Å². The number of fused-ring (bicyclic) bond motifs is 1. The van der Waals surface area contributed by atoms with Crippen molar-refractivity contribution >= 4 is 0 Å². The zero-order chi connectivity index (χ0) is 13.7. The molecule has 0 saturated carbocycles. The fraction of sp³-hybridized carbons (Fsp3) is 1.00. The van der Waals surface area contributed by atoms with Gasteiger partial charge in [-0.1, -0.05) is 33.6 Å². The summed E-state index contributed by atoms with van der Waals surface area (Å²) in [7, 11) is 0. The van der Waals surface area contributed by atoms with E-state index in [0.717, 1.165) is 18.6 Å². The van der Waals surface area contributed by atoms with Crippen molar-refractivity contribution in [3.8, 4) is 0 Å². The lowest BCUT2D eigenvalue weighted by molar-refractivity contribution is 0.0248. The van der Waals surface area contributed by atoms with Crippen molar-refractivity contribution in [1.29, 1.82) is 0 Å². The van der Waals surface area contributed by atoms with Crippen LogP contribution in [0.2, 0.25) is 0 Å². The van der Waals surface area contributed by atoms with Crippen LogP contribution in [0.3, 0.4) is 0 Å². The minimum absolute atomic E-state index is 0.607. The highest BCUT2D eigenvalue weighted by molar-refractivity contribution is 4.88. The molecule has 2 heterocycles. The highest BCUT2D eigenvalue weighted by Crippen LogP contribution is 2.23. The lowest BCUT2D eigenvalue weighted by Gasteiger charge is -2.46. The highest BCUT2D eigenvalue weighted by atomic mass is 15.3. The van der Waals surface area contributed by atoms with Gasteiger partial charge in [-0.3, -0.25) is 9.80 Å². The van der Waals surface area contributed by atoms with Crippen LogP contribution in [0.4, 0.5) is 0 Å². The number of hydrogen-bond donors (Lipinski definition) is 1. The SMILES string of the molecule is CCCC(CNC(C)C)N1CCN2CCCCC2C1. The standard InChI is InChI=1S/C16H33N3/c1-4-7-15(12-17-14(2)3)19-11-10-18-9-6-5-8-16(18)13-19/h14-17H,4-13H2,1-3H3. The quantitative estimate of drug-likeness (QED) is 0.797. The van der Waals surface area contributed by atoms with Crippen LogP contribution in [0.25, 0.3) is 0 Å². The van der Waals surface area contributed by atoms with Crippen molar-refractivity contribution in [1.82, 2.24) is 15.1 Å². The number of nitrogens with one attached hydrogen (secondary N) is 1. The van der Waals surface area contributed by atoms with Crippen molar-refractivity contribution in [3.63, 3.8) is 0 Å². The maximum absolute atomic E-state index is 3.64. The molecule has 0 aromatic rings. The van der Waals surface area contributed by atoms with Crippen molar-refractivity contribution in [3.05, 3.63) is 0 Å². The fourth-order valence-corrected chi connectivity index (χ4v) is 3.63. The molecule has 112 valence electrons. The minimum atomic E-state index is 0.607. The Balaban J connectivity index is 1.86. The Morgan fingerprint density at radius 2 is 2.00 bits per heavy atom. The summed E-state index contributed by atoms with van der Waals surface area (Å²) in [6, 6.07) is 2.20. The van der Waals surface area contributed by atoms with Crippen LogP contribution in [0, 0.1) is 0 Å². The Labute approximate surface area is 119 Å². The van der Waals surface area contributed by atoms with E-state index in [0.29, 0.717) is 6.04 Å². The number of piperidine rings is 1. The first-order valence-corrected chi connectivity index (χ1v) is 8.42. The predicted octanol–water partition coefficient (Wildman–Crippen LogP) is 2.32. The van der Waals surface area contributed by atoms with Gasteiger partial charge in [0, 0.05) is 44.3 Å². The Kier molecular flexibility index (Phi) is 6.11. The molecule has 0 aromatic carbocycles. The molecule has 0 aromatic heterocycles. The summed E-state index contributed by atoms with van der Waals surface area (Å²) in [5.41, 5.74) is 0. The largest absolute Gasteiger partial charge is 0.313 e. The van der Waals surface area contributed by atoms with Crippen molar-refractivity contribution in [2.24, 2.45) is 0 Å². The first-order valence-electron chi connectivity index (χ1n) is 8.42. The van der Waals surface area contributed by atoms with Crippen LogP contribution < -0.4 is 5.32 Å². The summed E-state index contributed by atoms with van der Waals surface area (Å²) >= 11 is 0. The third-order valence-electron chi connectivity index (χ3n) is 4.77. The van der Waals surface area contributed by atoms with Crippen LogP contribution in [0.15, 0.2) is 0 Å². The minimum Gasteiger partial charge on any atom is -0.313 e. The van der Waals surface area contributed by atoms with Crippen LogP contribution in [-0.4, -0.2) is 60.6 Å². The molecule has 0 aliphatic carbocycles. The van der Waals surface area contributed by atoms with Gasteiger partial charge in [-0.15, -0.1) is 0 Å². The molecule has 3 nitrogen and oxygen atoms in total. The zero-order valence-electron chi connectivity index (χ0n) is 13.2. The smallest absolute Gasteiger partial charge is 0.0223 e. The first kappa shape index (κ1) is 15.3. The van der Waals surface area contributed by atoms with E-state index in [1.165, 1.54) is 58.3 Å². The summed E-state index contributed by atoms with van der Waals surface area (Å²) < 4.78 is 0. The topological polar surface area (TPSA) is 18.5 Å². The van der Waals surface area contributed by atoms with E-state index in [2.05, 4.69) is 35.9 Å². The summed E-state index contributed by atoms with van der Waals surface area (Å²) in [6.45, 7) is 13.2. The Bertz CT molecular complexity index is 254. The molecular weight excluding hydrogens is 234 g/mol. The second kappa shape index (κ2) is 7.61. The van der Waals surface area contributed by atoms with Gasteiger partial charge in [0.25, 0.3) is 0 Å². The molecule has 2 aliphatic heterocycles. The average Bonchev–Trinajstić information content (AvgIpc) is 2.42. The molecule has 2 saturated heterocycles. The normalized spacial score (nSPS) is 27.5. The van der Waals surface area contributed by atoms with E-state index in [1.807, 2.05) is 0 Å². The molecule has 2 atom stereocenters. The van der Waals surface area contributed by atoms with Gasteiger partial charge in [0.15, 0.2) is 0 Å². The number of hydrogen-bond acceptors (Lipinski definition) is 3. The van der Waals surface area contributed by atoms with E-state index < -0.39 is 0 Å². The van der Waals surface area contributed by atoms with E-state index in [1.54, 1.807) is 0 Å². The van der Waals surface area contributed by atoms with Gasteiger partial charge >= 0.3 is 0 Å². The number of rotatable bonds is 6. The second-order valence-corrected chi connectivity index (χ2v) is 6.69. The monoisotopic (exact) mass is 267 g/mol. The highest BCUT2D eigenvalue weighted by Gasteiger charge is 2.31. The van der Waals surface area contributed by atoms with Gasteiger partial charge in [-0.05, 0) is 25.8 Å². The van der Waals surface area contributed by atoms with Crippen LogP contribution in [0.1, 0.15) is 52.9 Å². The maximum atomic E-state index is 3.64. The molecule has 2 rings (SSSR count). The molecule has 3 heteroatoms. The summed E-state index contributed by atoms with van der Waals surface area (Å²) in [6.07, 6.45) is 6.93. The van der Waals surface area contributed by atoms with Crippen molar-refractivity contribution < 1.29 is 0 Å². The molecule has 0 spiro atoms. The summed E-state index contributed by atoms with van der Waals surface area (Å²) in [5.74, 6) is 0. The molecule has 2 fully saturated rings. The molecule has 0 bridgehead atoms. The van der Waals surface area contributed by atoms with Gasteiger partial charge < -0.3 is 5.32 Å². The lowest BCUT2D eigenvalue weighted by Crippen LogP contribution is -2.58. The molecule has 2 aliphatic rings. The number of piperazine rings is 1. The molecule has 1 N–H and O–H groups in total. The van der Waals surface area contributed by atoms with Gasteiger partial charge in [-0.25, -0.2) is 0 Å². The maximum Gasteiger partial charge on any atom is 0.0223 e. The lowest BCUT2D eigenvalue weighted by atomic mass is 9.97. The zero-order valence-corrected chi connectivity index (χ0v) is 13.2. The first-order chi connectivity index (χ1) is 9.20.